The van der Waals surface area contributed by atoms with E-state index >= 15 is 0 Å². The highest BCUT2D eigenvalue weighted by Crippen LogP contribution is 2.50. The highest BCUT2D eigenvalue weighted by atomic mass is 16.2. The largest absolute Gasteiger partial charge is 0.337 e. The van der Waals surface area contributed by atoms with Gasteiger partial charge in [0.25, 0.3) is 0 Å². The summed E-state index contributed by atoms with van der Waals surface area (Å²) in [6, 6.07) is -0.804. The Labute approximate surface area is 270 Å². The summed E-state index contributed by atoms with van der Waals surface area (Å²) < 4.78 is 0. The van der Waals surface area contributed by atoms with Crippen LogP contribution in [0.3, 0.4) is 0 Å². The molecule has 0 spiro atoms. The Kier molecular flexibility index (Phi) is 10.3. The third-order valence-corrected chi connectivity index (χ3v) is 9.30. The molecule has 1 aliphatic heterocycles. The molecule has 46 heavy (non-hydrogen) atoms. The summed E-state index contributed by atoms with van der Waals surface area (Å²) >= 11 is 0. The fourth-order valence-electron chi connectivity index (χ4n) is 8.79. The lowest BCUT2D eigenvalue weighted by atomic mass is 9.63. The summed E-state index contributed by atoms with van der Waals surface area (Å²) in [4.78, 5) is 86.2. The van der Waals surface area contributed by atoms with Gasteiger partial charge in [-0.25, -0.2) is 48.6 Å². The first-order chi connectivity index (χ1) is 21.2. The monoisotopic (exact) mass is 634 g/mol. The molecule has 0 radical (unpaired) electrons. The average Bonchev–Trinajstić information content (AvgIpc) is 2.84. The molecule has 4 unspecified atom stereocenters. The molecule has 0 aromatic carbocycles. The second kappa shape index (κ2) is 13.0. The van der Waals surface area contributed by atoms with Gasteiger partial charge >= 0.3 is 12.1 Å². The first kappa shape index (κ1) is 36.4. The molecule has 4 amide bonds. The number of imide groups is 2. The highest BCUT2D eigenvalue weighted by Gasteiger charge is 2.60. The molecule has 0 aromatic heterocycles. The van der Waals surface area contributed by atoms with Gasteiger partial charge in [0.05, 0.1) is 35.1 Å². The van der Waals surface area contributed by atoms with E-state index in [0.717, 1.165) is 19.3 Å². The molecule has 4 aliphatic rings. The number of amides is 4. The Balaban J connectivity index is 0.000000304. The van der Waals surface area contributed by atoms with E-state index in [1.54, 1.807) is 36.5 Å². The summed E-state index contributed by atoms with van der Waals surface area (Å²) in [7, 11) is 0. The lowest BCUT2D eigenvalue weighted by molar-refractivity contribution is 0.0159. The molecule has 4 rings (SSSR count). The van der Waals surface area contributed by atoms with Crippen LogP contribution in [0.4, 0.5) is 9.59 Å². The zero-order valence-electron chi connectivity index (χ0n) is 28.5. The maximum atomic E-state index is 13.3. The van der Waals surface area contributed by atoms with Crippen molar-refractivity contribution in [3.05, 3.63) is 23.5 Å². The number of rotatable bonds is 7. The second-order valence-corrected chi connectivity index (χ2v) is 16.5. The zero-order valence-corrected chi connectivity index (χ0v) is 28.5. The van der Waals surface area contributed by atoms with Crippen molar-refractivity contribution in [1.29, 1.82) is 0 Å². The van der Waals surface area contributed by atoms with Crippen molar-refractivity contribution in [2.24, 2.45) is 41.6 Å². The van der Waals surface area contributed by atoms with E-state index in [0.29, 0.717) is 43.6 Å². The number of carbonyl (C=O) groups is 2. The third-order valence-electron chi connectivity index (χ3n) is 9.30. The Bertz CT molecular complexity index is 1430. The van der Waals surface area contributed by atoms with E-state index in [4.69, 9.17) is 0 Å². The van der Waals surface area contributed by atoms with Crippen LogP contribution in [-0.4, -0.2) is 69.8 Å². The summed E-state index contributed by atoms with van der Waals surface area (Å²) in [6.45, 7) is 18.5. The Hall–Kier alpha value is -4.06. The topological polar surface area (TPSA) is 158 Å². The van der Waals surface area contributed by atoms with Crippen LogP contribution in [0.1, 0.15) is 107 Å². The van der Waals surface area contributed by atoms with E-state index in [1.807, 2.05) is 41.5 Å². The molecule has 12 nitrogen and oxygen atoms in total. The molecule has 4 atom stereocenters. The predicted octanol–water partition coefficient (Wildman–Crippen LogP) is 6.68. The fourth-order valence-corrected chi connectivity index (χ4v) is 8.79. The van der Waals surface area contributed by atoms with Crippen LogP contribution < -0.4 is 0 Å². The van der Waals surface area contributed by atoms with Gasteiger partial charge in [-0.15, -0.1) is 0 Å². The molecule has 1 heterocycles. The Morgan fingerprint density at radius 3 is 1.50 bits per heavy atom. The van der Waals surface area contributed by atoms with Crippen molar-refractivity contribution < 1.29 is 28.8 Å². The summed E-state index contributed by atoms with van der Waals surface area (Å²) in [6.07, 6.45) is 14.7. The van der Waals surface area contributed by atoms with Crippen molar-refractivity contribution in [1.82, 2.24) is 9.80 Å². The number of urea groups is 2. The van der Waals surface area contributed by atoms with Crippen molar-refractivity contribution >= 4 is 36.4 Å². The highest BCUT2D eigenvalue weighted by molar-refractivity contribution is 6.13. The number of hydrogen-bond donors (Lipinski definition) is 0. The average molecular weight is 635 g/mol. The smallest absolute Gasteiger partial charge is 0.247 e. The van der Waals surface area contributed by atoms with Gasteiger partial charge in [-0.1, -0.05) is 48.5 Å². The summed E-state index contributed by atoms with van der Waals surface area (Å²) in [5, 5.41) is 0. The minimum absolute atomic E-state index is 0.00750. The molecule has 1 saturated carbocycles. The lowest BCUT2D eigenvalue weighted by Crippen LogP contribution is -2.76. The molecule has 0 aromatic rings. The van der Waals surface area contributed by atoms with Crippen LogP contribution >= 0.6 is 0 Å². The van der Waals surface area contributed by atoms with E-state index in [-0.39, 0.29) is 27.7 Å². The number of nitrogens with zero attached hydrogens (tertiary/aromatic N) is 6. The van der Waals surface area contributed by atoms with E-state index in [2.05, 4.69) is 40.7 Å². The van der Waals surface area contributed by atoms with E-state index in [9.17, 15) is 28.8 Å². The first-order valence-corrected chi connectivity index (χ1v) is 15.5. The lowest BCUT2D eigenvalue weighted by Gasteiger charge is -2.57. The van der Waals surface area contributed by atoms with E-state index in [1.165, 1.54) is 9.80 Å². The third kappa shape index (κ3) is 8.20. The minimum Gasteiger partial charge on any atom is -0.247 e. The zero-order chi connectivity index (χ0) is 34.8. The van der Waals surface area contributed by atoms with Crippen LogP contribution in [-0.2, 0) is 19.2 Å². The summed E-state index contributed by atoms with van der Waals surface area (Å²) in [5.74, 6) is 0. The van der Waals surface area contributed by atoms with Crippen molar-refractivity contribution in [2.75, 3.05) is 6.54 Å². The predicted molar refractivity (Wildman–Crippen MR) is 170 cm³/mol. The van der Waals surface area contributed by atoms with Gasteiger partial charge in [0.2, 0.25) is 24.3 Å². The maximum absolute atomic E-state index is 13.3. The van der Waals surface area contributed by atoms with Gasteiger partial charge in [0, 0.05) is 0 Å². The standard InChI is InChI=1S/C22H28N4O4.C12H18N2O2/c1-19(2)7-15(23-13-27)9-21(5,11-19)25-17(29)26(18(25)30)22(6)10-16(24-14-28)8-20(3,4)12-22;1-11(2)4-10(14-9-16)5-12(3,6-11)7-13-8-15/h9-10H,7-8,11-12H2,1-6H3;10H,4-7H2,1-3H3. The van der Waals surface area contributed by atoms with Gasteiger partial charge in [-0.05, 0) is 92.6 Å². The molecule has 248 valence electrons. The van der Waals surface area contributed by atoms with Crippen LogP contribution in [0.15, 0.2) is 43.5 Å². The first-order valence-electron chi connectivity index (χ1n) is 15.5. The molecule has 0 N–H and O–H groups in total. The molecular weight excluding hydrogens is 588 g/mol. The SMILES string of the molecule is CC1(C)CC(N=C=O)=CC(C)(N2C(=O)N(C3(C)C=C(N=C=O)CC(C)(C)C3)C2=O)C1.CC1(C)CC(N=C=O)CC(C)(CN=C=O)C1. The number of hydrogen-bond acceptors (Lipinski definition) is 10. The van der Waals surface area contributed by atoms with Gasteiger partial charge in [0.15, 0.2) is 0 Å². The van der Waals surface area contributed by atoms with E-state index < -0.39 is 23.1 Å². The number of carbonyl (C=O) groups excluding carboxylic acids is 6. The molecule has 0 bridgehead atoms. The number of isocyanates is 4. The molecule has 1 saturated heterocycles. The fraction of sp³-hybridized carbons (Fsp3) is 0.706. The van der Waals surface area contributed by atoms with Crippen molar-refractivity contribution in [3.63, 3.8) is 0 Å². The Morgan fingerprint density at radius 1 is 0.652 bits per heavy atom. The molecule has 2 fully saturated rings. The molecule has 3 aliphatic carbocycles. The van der Waals surface area contributed by atoms with Crippen LogP contribution in [0, 0.1) is 21.7 Å². The van der Waals surface area contributed by atoms with Crippen molar-refractivity contribution in [3.8, 4) is 0 Å². The van der Waals surface area contributed by atoms with Crippen molar-refractivity contribution in [2.45, 2.75) is 124 Å². The molecular formula is C34H46N6O6. The van der Waals surface area contributed by atoms with Gasteiger partial charge in [-0.2, -0.15) is 9.98 Å². The number of allylic oxidation sites excluding steroid dienone is 2. The van der Waals surface area contributed by atoms with Gasteiger partial charge < -0.3 is 0 Å². The Morgan fingerprint density at radius 2 is 1.11 bits per heavy atom. The van der Waals surface area contributed by atoms with Crippen LogP contribution in [0.25, 0.3) is 0 Å². The quantitative estimate of drug-likeness (QED) is 0.224. The van der Waals surface area contributed by atoms with Gasteiger partial charge in [-0.3, -0.25) is 0 Å². The molecule has 12 heteroatoms. The maximum Gasteiger partial charge on any atom is 0.337 e. The van der Waals surface area contributed by atoms with Crippen LogP contribution in [0.5, 0.6) is 0 Å². The van der Waals surface area contributed by atoms with Crippen LogP contribution in [0.2, 0.25) is 0 Å². The van der Waals surface area contributed by atoms with Gasteiger partial charge in [0.1, 0.15) is 0 Å². The normalized spacial score (nSPS) is 32.3. The second-order valence-electron chi connectivity index (χ2n) is 16.5. The number of aliphatic imine (C=N–C) groups is 4. The summed E-state index contributed by atoms with van der Waals surface area (Å²) in [5.41, 5.74) is -1.18. The minimum atomic E-state index is -0.893.